The summed E-state index contributed by atoms with van der Waals surface area (Å²) in [4.78, 5) is 47.9. The fourth-order valence-corrected chi connectivity index (χ4v) is 5.07. The van der Waals surface area contributed by atoms with Crippen LogP contribution in [0, 0.1) is 6.07 Å². The molecule has 0 saturated heterocycles. The Morgan fingerprint density at radius 2 is 1.31 bits per heavy atom. The van der Waals surface area contributed by atoms with E-state index in [1.54, 1.807) is 60.7 Å². The number of rotatable bonds is 2. The first-order valence-corrected chi connectivity index (χ1v) is 11.7. The number of hydrogen-bond acceptors (Lipinski definition) is 3. The summed E-state index contributed by atoms with van der Waals surface area (Å²) in [6.07, 6.45) is 7.22. The van der Waals surface area contributed by atoms with Crippen LogP contribution >= 0.6 is 0 Å². The topological polar surface area (TPSA) is 160 Å². The van der Waals surface area contributed by atoms with Crippen LogP contribution in [0.5, 0.6) is 0 Å². The second kappa shape index (κ2) is 8.85. The number of carbonyl (C=O) groups excluding carboxylic acids is 3. The molecule has 0 fully saturated rings. The molecule has 0 heterocycles. The summed E-state index contributed by atoms with van der Waals surface area (Å²) in [6, 6.07) is 16.9. The van der Waals surface area contributed by atoms with E-state index in [4.69, 9.17) is 0 Å². The molecule has 39 heavy (non-hydrogen) atoms. The molecule has 0 spiro atoms. The standard InChI is InChI=1S/C30H13N6O3/c31-34-25-10-9-18-16(6-3-7-20(18)30(25)39)22-12-15-8-11-26(37)29(36-33)21(15)13-23(22)24-14-27(38)28(35-32)19-5-2-1-4-17(19)24/h1-11,13-14H. The van der Waals surface area contributed by atoms with Gasteiger partial charge in [-0.15, -0.1) is 0 Å². The van der Waals surface area contributed by atoms with Crippen molar-refractivity contribution >= 4 is 52.2 Å². The fraction of sp³-hybridized carbons (Fsp3) is 0. The Balaban J connectivity index is 1.72. The van der Waals surface area contributed by atoms with Crippen molar-refractivity contribution in [1.82, 2.24) is 0 Å². The third-order valence-electron chi connectivity index (χ3n) is 6.84. The van der Waals surface area contributed by atoms with Gasteiger partial charge in [0.05, 0.1) is 11.1 Å². The van der Waals surface area contributed by atoms with Gasteiger partial charge in [0.25, 0.3) is 17.3 Å². The molecule has 3 aromatic rings. The van der Waals surface area contributed by atoms with E-state index in [1.165, 1.54) is 18.2 Å². The van der Waals surface area contributed by atoms with Crippen molar-refractivity contribution in [2.24, 2.45) is 0 Å². The van der Waals surface area contributed by atoms with Gasteiger partial charge in [-0.25, -0.2) is 0 Å². The van der Waals surface area contributed by atoms with E-state index in [0.717, 1.165) is 0 Å². The van der Waals surface area contributed by atoms with Gasteiger partial charge in [0, 0.05) is 17.7 Å². The summed E-state index contributed by atoms with van der Waals surface area (Å²) >= 11 is 0. The van der Waals surface area contributed by atoms with Crippen LogP contribution in [0.2, 0.25) is 0 Å². The molecule has 0 N–H and O–H groups in total. The summed E-state index contributed by atoms with van der Waals surface area (Å²) in [5.74, 6) is -1.49. The van der Waals surface area contributed by atoms with E-state index in [9.17, 15) is 31.0 Å². The summed E-state index contributed by atoms with van der Waals surface area (Å²) in [6.45, 7) is 0. The maximum atomic E-state index is 13.0. The molecule has 3 aliphatic carbocycles. The molecular formula is C30H13N6O3. The predicted octanol–water partition coefficient (Wildman–Crippen LogP) is 3.68. The maximum Gasteiger partial charge on any atom is 0.369 e. The van der Waals surface area contributed by atoms with Crippen molar-refractivity contribution in [3.63, 3.8) is 0 Å². The lowest BCUT2D eigenvalue weighted by atomic mass is 9.78. The molecule has 0 aromatic heterocycles. The van der Waals surface area contributed by atoms with E-state index in [-0.39, 0.29) is 17.1 Å². The van der Waals surface area contributed by atoms with Crippen LogP contribution in [-0.4, -0.2) is 48.9 Å². The SMILES string of the molecule is [N-]=[N+]=C1C=Cc2c(cccc2-c2[c]c3c(cc2C2=CC(=O)C(=[N+]=[N-])c4ccccc42)C(=[N+]=[N-])C(=O)C=C3)C1=O. The van der Waals surface area contributed by atoms with E-state index in [0.29, 0.717) is 55.6 Å². The van der Waals surface area contributed by atoms with Gasteiger partial charge in [-0.1, -0.05) is 36.4 Å². The number of nitrogens with zero attached hydrogens (tertiary/aromatic N) is 6. The first-order valence-electron chi connectivity index (χ1n) is 11.7. The smallest absolute Gasteiger partial charge is 0.361 e. The number of benzene rings is 3. The predicted molar refractivity (Wildman–Crippen MR) is 141 cm³/mol. The molecule has 9 nitrogen and oxygen atoms in total. The third kappa shape index (κ3) is 3.49. The zero-order valence-corrected chi connectivity index (χ0v) is 19.9. The summed E-state index contributed by atoms with van der Waals surface area (Å²) < 4.78 is 0. The molecule has 181 valence electrons. The average molecular weight is 505 g/mol. The Morgan fingerprint density at radius 1 is 0.615 bits per heavy atom. The average Bonchev–Trinajstić information content (AvgIpc) is 2.96. The normalized spacial score (nSPS) is 15.1. The molecule has 0 amide bonds. The van der Waals surface area contributed by atoms with Gasteiger partial charge in [0.1, 0.15) is 0 Å². The zero-order valence-electron chi connectivity index (χ0n) is 19.9. The summed E-state index contributed by atoms with van der Waals surface area (Å²) in [5.41, 5.74) is 32.6. The number of hydrogen-bond donors (Lipinski definition) is 0. The van der Waals surface area contributed by atoms with Crippen LogP contribution in [0.25, 0.3) is 45.4 Å². The van der Waals surface area contributed by atoms with Gasteiger partial charge < -0.3 is 16.6 Å². The second-order valence-corrected chi connectivity index (χ2v) is 8.86. The highest BCUT2D eigenvalue weighted by Gasteiger charge is 2.35. The molecule has 1 radical (unpaired) electrons. The first-order chi connectivity index (χ1) is 19.0. The minimum Gasteiger partial charge on any atom is -0.361 e. The van der Waals surface area contributed by atoms with Crippen molar-refractivity contribution in [3.8, 4) is 11.1 Å². The Labute approximate surface area is 220 Å². The second-order valence-electron chi connectivity index (χ2n) is 8.86. The van der Waals surface area contributed by atoms with Crippen LogP contribution in [0.4, 0.5) is 0 Å². The van der Waals surface area contributed by atoms with Crippen molar-refractivity contribution in [1.29, 1.82) is 0 Å². The molecule has 0 aliphatic heterocycles. The highest BCUT2D eigenvalue weighted by Crippen LogP contribution is 2.41. The lowest BCUT2D eigenvalue weighted by Gasteiger charge is -2.21. The Bertz CT molecular complexity index is 1980. The largest absolute Gasteiger partial charge is 0.369 e. The summed E-state index contributed by atoms with van der Waals surface area (Å²) in [5, 5.41) is 0. The molecule has 6 rings (SSSR count). The van der Waals surface area contributed by atoms with Crippen LogP contribution in [0.3, 0.4) is 0 Å². The van der Waals surface area contributed by atoms with Crippen molar-refractivity contribution in [2.75, 3.05) is 0 Å². The van der Waals surface area contributed by atoms with E-state index in [1.807, 2.05) is 0 Å². The maximum absolute atomic E-state index is 13.0. The minimum atomic E-state index is -0.532. The van der Waals surface area contributed by atoms with Crippen LogP contribution in [-0.2, 0) is 9.59 Å². The summed E-state index contributed by atoms with van der Waals surface area (Å²) in [7, 11) is 0. The van der Waals surface area contributed by atoms with E-state index in [2.05, 4.69) is 20.4 Å². The third-order valence-corrected chi connectivity index (χ3v) is 6.84. The quantitative estimate of drug-likeness (QED) is 0.384. The lowest BCUT2D eigenvalue weighted by molar-refractivity contribution is -0.113. The zero-order chi connectivity index (χ0) is 27.3. The molecule has 0 atom stereocenters. The van der Waals surface area contributed by atoms with Gasteiger partial charge in [0.2, 0.25) is 0 Å². The van der Waals surface area contributed by atoms with Gasteiger partial charge in [0.15, 0.2) is 0 Å². The first kappa shape index (κ1) is 23.4. The van der Waals surface area contributed by atoms with Crippen LogP contribution in [0.1, 0.15) is 43.7 Å². The molecule has 0 unspecified atom stereocenters. The Morgan fingerprint density at radius 3 is 2.05 bits per heavy atom. The Kier molecular flexibility index (Phi) is 5.32. The minimum absolute atomic E-state index is 0.107. The van der Waals surface area contributed by atoms with E-state index < -0.39 is 17.3 Å². The van der Waals surface area contributed by atoms with Crippen LogP contribution < -0.4 is 0 Å². The lowest BCUT2D eigenvalue weighted by Crippen LogP contribution is -2.22. The number of allylic oxidation sites excluding steroid dienone is 3. The Hall–Kier alpha value is -5.97. The van der Waals surface area contributed by atoms with E-state index >= 15 is 0 Å². The van der Waals surface area contributed by atoms with Crippen molar-refractivity contribution in [2.45, 2.75) is 0 Å². The molecule has 9 heteroatoms. The fourth-order valence-electron chi connectivity index (χ4n) is 5.07. The van der Waals surface area contributed by atoms with Crippen molar-refractivity contribution in [3.05, 3.63) is 128 Å². The molecule has 0 bridgehead atoms. The van der Waals surface area contributed by atoms with Gasteiger partial charge in [-0.05, 0) is 75.4 Å². The van der Waals surface area contributed by atoms with Gasteiger partial charge in [-0.3, -0.25) is 14.4 Å². The number of ketones is 3. The van der Waals surface area contributed by atoms with Gasteiger partial charge >= 0.3 is 17.1 Å². The molecule has 0 saturated carbocycles. The molecule has 3 aromatic carbocycles. The highest BCUT2D eigenvalue weighted by atomic mass is 16.1. The molecule has 3 aliphatic rings. The monoisotopic (exact) mass is 505 g/mol. The van der Waals surface area contributed by atoms with Crippen molar-refractivity contribution < 1.29 is 28.8 Å². The number of Topliss-reactive ketones (excluding diaryl/α,β-unsaturated/α-hetero) is 1. The molecular weight excluding hydrogens is 492 g/mol. The highest BCUT2D eigenvalue weighted by molar-refractivity contribution is 6.52. The van der Waals surface area contributed by atoms with Crippen LogP contribution in [0.15, 0.2) is 66.8 Å². The van der Waals surface area contributed by atoms with Gasteiger partial charge in [-0.2, -0.15) is 14.4 Å². The number of fused-ring (bicyclic) bond motifs is 3. The number of carbonyl (C=O) groups is 3.